The van der Waals surface area contributed by atoms with Crippen molar-refractivity contribution in [1.82, 2.24) is 0 Å². The number of alkyl halides is 1. The summed E-state index contributed by atoms with van der Waals surface area (Å²) in [5, 5.41) is 9.92. The summed E-state index contributed by atoms with van der Waals surface area (Å²) in [6.07, 6.45) is 0. The lowest BCUT2D eigenvalue weighted by Crippen LogP contribution is -2.36. The topological polar surface area (TPSA) is 40.1 Å². The minimum absolute atomic E-state index is 0.176. The van der Waals surface area contributed by atoms with Gasteiger partial charge in [0.15, 0.2) is 0 Å². The molecule has 0 heterocycles. The van der Waals surface area contributed by atoms with Crippen molar-refractivity contribution in [2.24, 2.45) is 11.8 Å². The predicted molar refractivity (Wildman–Crippen MR) is 38.7 cm³/mol. The molecule has 0 N–H and O–H groups in total. The van der Waals surface area contributed by atoms with Crippen molar-refractivity contribution in [2.75, 3.05) is 0 Å². The Morgan fingerprint density at radius 1 is 1.40 bits per heavy atom. The standard InChI is InChI=1S/C7H13ClO2/c1-4(2)6(8)5(3)7(9)10/h4-6H,1-3H3,(H,9,10)/p-1. The van der Waals surface area contributed by atoms with Crippen molar-refractivity contribution in [3.63, 3.8) is 0 Å². The molecule has 3 heteroatoms. The maximum atomic E-state index is 10.2. The smallest absolute Gasteiger partial charge is 0.0457 e. The van der Waals surface area contributed by atoms with E-state index in [0.717, 1.165) is 0 Å². The molecule has 2 unspecified atom stereocenters. The van der Waals surface area contributed by atoms with Crippen LogP contribution in [0.2, 0.25) is 0 Å². The number of hydrogen-bond donors (Lipinski definition) is 0. The van der Waals surface area contributed by atoms with Crippen molar-refractivity contribution in [1.29, 1.82) is 0 Å². The maximum Gasteiger partial charge on any atom is 0.0457 e. The number of halogens is 1. The lowest BCUT2D eigenvalue weighted by molar-refractivity contribution is -0.311. The van der Waals surface area contributed by atoms with Gasteiger partial charge in [0, 0.05) is 17.3 Å². The molecule has 0 bridgehead atoms. The Hall–Kier alpha value is -0.240. The summed E-state index contributed by atoms with van der Waals surface area (Å²) >= 11 is 5.74. The van der Waals surface area contributed by atoms with Gasteiger partial charge in [0.05, 0.1) is 0 Å². The molecule has 0 spiro atoms. The molecule has 0 rings (SSSR count). The van der Waals surface area contributed by atoms with Gasteiger partial charge in [-0.2, -0.15) is 0 Å². The number of carboxylic acid groups (broad SMARTS) is 1. The minimum atomic E-state index is -1.08. The van der Waals surface area contributed by atoms with Gasteiger partial charge in [-0.05, 0) is 5.92 Å². The molecule has 0 aliphatic heterocycles. The molecule has 0 saturated carbocycles. The zero-order valence-electron chi connectivity index (χ0n) is 6.43. The van der Waals surface area contributed by atoms with E-state index >= 15 is 0 Å². The van der Waals surface area contributed by atoms with Crippen molar-refractivity contribution < 1.29 is 9.90 Å². The summed E-state index contributed by atoms with van der Waals surface area (Å²) in [5.74, 6) is -1.47. The van der Waals surface area contributed by atoms with Crippen LogP contribution in [0.25, 0.3) is 0 Å². The lowest BCUT2D eigenvalue weighted by atomic mass is 9.98. The second kappa shape index (κ2) is 3.81. The highest BCUT2D eigenvalue weighted by Crippen LogP contribution is 2.18. The van der Waals surface area contributed by atoms with E-state index < -0.39 is 11.9 Å². The zero-order valence-corrected chi connectivity index (χ0v) is 7.18. The van der Waals surface area contributed by atoms with Crippen molar-refractivity contribution >= 4 is 17.6 Å². The van der Waals surface area contributed by atoms with Crippen molar-refractivity contribution in [3.05, 3.63) is 0 Å². The second-order valence-electron chi connectivity index (χ2n) is 2.80. The van der Waals surface area contributed by atoms with Gasteiger partial charge in [0.2, 0.25) is 0 Å². The Balaban J connectivity index is 3.94. The van der Waals surface area contributed by atoms with Crippen LogP contribution in [0.4, 0.5) is 0 Å². The summed E-state index contributed by atoms with van der Waals surface area (Å²) in [5.41, 5.74) is 0. The first-order chi connectivity index (χ1) is 4.46. The monoisotopic (exact) mass is 163 g/mol. The molecule has 0 fully saturated rings. The lowest BCUT2D eigenvalue weighted by Gasteiger charge is -2.21. The van der Waals surface area contributed by atoms with E-state index in [1.807, 2.05) is 13.8 Å². The van der Waals surface area contributed by atoms with Crippen LogP contribution in [0.5, 0.6) is 0 Å². The van der Waals surface area contributed by atoms with E-state index in [1.54, 1.807) is 6.92 Å². The Labute approximate surface area is 66.2 Å². The van der Waals surface area contributed by atoms with Gasteiger partial charge in [0.25, 0.3) is 0 Å². The number of hydrogen-bond acceptors (Lipinski definition) is 2. The van der Waals surface area contributed by atoms with Crippen LogP contribution < -0.4 is 5.11 Å². The van der Waals surface area contributed by atoms with E-state index in [1.165, 1.54) is 0 Å². The van der Waals surface area contributed by atoms with Gasteiger partial charge in [-0.25, -0.2) is 0 Å². The van der Waals surface area contributed by atoms with Crippen molar-refractivity contribution in [2.45, 2.75) is 26.1 Å². The van der Waals surface area contributed by atoms with Crippen LogP contribution in [0.1, 0.15) is 20.8 Å². The fraction of sp³-hybridized carbons (Fsp3) is 0.857. The van der Waals surface area contributed by atoms with E-state index in [9.17, 15) is 9.90 Å². The van der Waals surface area contributed by atoms with Crippen LogP contribution >= 0.6 is 11.6 Å². The normalized spacial score (nSPS) is 16.9. The minimum Gasteiger partial charge on any atom is -0.550 e. The molecule has 0 aromatic rings. The zero-order chi connectivity index (χ0) is 8.31. The van der Waals surface area contributed by atoms with Crippen LogP contribution in [0, 0.1) is 11.8 Å². The van der Waals surface area contributed by atoms with Crippen LogP contribution in [-0.2, 0) is 4.79 Å². The number of carboxylic acids is 1. The third-order valence-electron chi connectivity index (χ3n) is 1.49. The van der Waals surface area contributed by atoms with Gasteiger partial charge >= 0.3 is 0 Å². The number of rotatable bonds is 3. The van der Waals surface area contributed by atoms with Gasteiger partial charge in [-0.3, -0.25) is 0 Å². The third kappa shape index (κ3) is 2.56. The molecule has 2 atom stereocenters. The van der Waals surface area contributed by atoms with Gasteiger partial charge in [0.1, 0.15) is 0 Å². The van der Waals surface area contributed by atoms with E-state index in [0.29, 0.717) is 0 Å². The Morgan fingerprint density at radius 3 is 1.90 bits per heavy atom. The average molecular weight is 164 g/mol. The van der Waals surface area contributed by atoms with Gasteiger partial charge in [-0.15, -0.1) is 11.6 Å². The second-order valence-corrected chi connectivity index (χ2v) is 3.30. The molecule has 0 aromatic carbocycles. The van der Waals surface area contributed by atoms with Gasteiger partial charge in [-0.1, -0.05) is 20.8 Å². The first kappa shape index (κ1) is 9.76. The first-order valence-electron chi connectivity index (χ1n) is 3.31. The molecular weight excluding hydrogens is 152 g/mol. The highest BCUT2D eigenvalue weighted by molar-refractivity contribution is 6.22. The molecule has 0 aromatic heterocycles. The Bertz CT molecular complexity index is 123. The Morgan fingerprint density at radius 2 is 1.80 bits per heavy atom. The molecule has 2 nitrogen and oxygen atoms in total. The third-order valence-corrected chi connectivity index (χ3v) is 2.37. The van der Waals surface area contributed by atoms with Crippen LogP contribution in [0.3, 0.4) is 0 Å². The van der Waals surface area contributed by atoms with Crippen LogP contribution in [-0.4, -0.2) is 11.3 Å². The SMILES string of the molecule is CC(C)C(Cl)C(C)C(=O)[O-]. The number of carbonyl (C=O) groups is 1. The fourth-order valence-corrected chi connectivity index (χ4v) is 0.810. The molecule has 0 saturated heterocycles. The molecule has 60 valence electrons. The summed E-state index contributed by atoms with van der Waals surface area (Å²) in [6, 6.07) is 0. The Kier molecular flexibility index (Phi) is 3.72. The summed E-state index contributed by atoms with van der Waals surface area (Å²) in [7, 11) is 0. The molecule has 0 radical (unpaired) electrons. The van der Waals surface area contributed by atoms with E-state index in [2.05, 4.69) is 0 Å². The average Bonchev–Trinajstić information content (AvgIpc) is 1.84. The summed E-state index contributed by atoms with van der Waals surface area (Å²) in [4.78, 5) is 10.2. The molecule has 10 heavy (non-hydrogen) atoms. The quantitative estimate of drug-likeness (QED) is 0.573. The van der Waals surface area contributed by atoms with Crippen molar-refractivity contribution in [3.8, 4) is 0 Å². The number of aliphatic carboxylic acids is 1. The fourth-order valence-electron chi connectivity index (χ4n) is 0.707. The van der Waals surface area contributed by atoms with Gasteiger partial charge < -0.3 is 9.90 Å². The molecular formula is C7H12ClO2-. The van der Waals surface area contributed by atoms with E-state index in [4.69, 9.17) is 11.6 Å². The molecule has 0 aliphatic rings. The predicted octanol–water partition coefficient (Wildman–Crippen LogP) is 0.636. The summed E-state index contributed by atoms with van der Waals surface area (Å²) < 4.78 is 0. The molecule has 0 aliphatic carbocycles. The maximum absolute atomic E-state index is 10.2. The summed E-state index contributed by atoms with van der Waals surface area (Å²) in [6.45, 7) is 5.33. The van der Waals surface area contributed by atoms with E-state index in [-0.39, 0.29) is 11.3 Å². The first-order valence-corrected chi connectivity index (χ1v) is 3.75. The highest BCUT2D eigenvalue weighted by Gasteiger charge is 2.18. The molecule has 0 amide bonds. The van der Waals surface area contributed by atoms with Crippen LogP contribution in [0.15, 0.2) is 0 Å². The number of carbonyl (C=O) groups excluding carboxylic acids is 1. The largest absolute Gasteiger partial charge is 0.550 e. The highest BCUT2D eigenvalue weighted by atomic mass is 35.5.